The molecule has 4 aromatic carbocycles. The van der Waals surface area contributed by atoms with Crippen molar-refractivity contribution in [3.05, 3.63) is 156 Å². The monoisotopic (exact) mass is 630 g/mol. The van der Waals surface area contributed by atoms with Crippen LogP contribution < -0.4 is 29.7 Å². The minimum atomic E-state index is -0.829. The van der Waals surface area contributed by atoms with Crippen LogP contribution >= 0.6 is 11.3 Å². The zero-order chi connectivity index (χ0) is 32.2. The molecule has 1 N–H and O–H groups in total. The summed E-state index contributed by atoms with van der Waals surface area (Å²) < 4.78 is 27.4. The molecule has 10 heteroatoms. The van der Waals surface area contributed by atoms with Crippen LogP contribution in [0.3, 0.4) is 0 Å². The molecule has 2 heterocycles. The van der Waals surface area contributed by atoms with E-state index in [1.54, 1.807) is 67.6 Å². The third-order valence-electron chi connectivity index (χ3n) is 7.49. The van der Waals surface area contributed by atoms with Crippen LogP contribution in [0.1, 0.15) is 35.2 Å². The van der Waals surface area contributed by atoms with Gasteiger partial charge in [-0.05, 0) is 66.6 Å². The van der Waals surface area contributed by atoms with E-state index in [4.69, 9.17) is 9.47 Å². The van der Waals surface area contributed by atoms with E-state index in [1.165, 1.54) is 35.1 Å². The average Bonchev–Trinajstić information content (AvgIpc) is 3.37. The van der Waals surface area contributed by atoms with E-state index in [1.807, 2.05) is 30.3 Å². The van der Waals surface area contributed by atoms with Gasteiger partial charge in [0.25, 0.3) is 11.5 Å². The van der Waals surface area contributed by atoms with Crippen molar-refractivity contribution in [3.8, 4) is 17.6 Å². The van der Waals surface area contributed by atoms with Gasteiger partial charge in [-0.25, -0.2) is 9.38 Å². The molecule has 5 aromatic rings. The number of ether oxygens (including phenoxy) is 2. The summed E-state index contributed by atoms with van der Waals surface area (Å²) in [4.78, 5) is 32.8. The maximum Gasteiger partial charge on any atom is 0.271 e. The molecule has 0 saturated heterocycles. The summed E-state index contributed by atoms with van der Waals surface area (Å²) in [7, 11) is 1.52. The largest absolute Gasteiger partial charge is 0.493 e. The highest BCUT2D eigenvalue weighted by Gasteiger charge is 2.32. The number of thiazole rings is 1. The van der Waals surface area contributed by atoms with Crippen molar-refractivity contribution in [2.24, 2.45) is 4.99 Å². The molecular weight excluding hydrogens is 603 g/mol. The molecule has 6 rings (SSSR count). The van der Waals surface area contributed by atoms with Crippen LogP contribution in [0.2, 0.25) is 0 Å². The number of anilines is 1. The lowest BCUT2D eigenvalue weighted by Crippen LogP contribution is -2.40. The predicted molar refractivity (Wildman–Crippen MR) is 174 cm³/mol. The first kappa shape index (κ1) is 30.2. The second-order valence-electron chi connectivity index (χ2n) is 10.4. The number of rotatable bonds is 8. The van der Waals surface area contributed by atoms with Gasteiger partial charge >= 0.3 is 0 Å². The number of hydrogen-bond donors (Lipinski definition) is 1. The van der Waals surface area contributed by atoms with Crippen LogP contribution in [0.25, 0.3) is 6.08 Å². The molecule has 0 saturated carbocycles. The lowest BCUT2D eigenvalue weighted by molar-refractivity contribution is -0.113. The molecule has 0 fully saturated rings. The smallest absolute Gasteiger partial charge is 0.271 e. The Morgan fingerprint density at radius 2 is 1.78 bits per heavy atom. The molecule has 1 atom stereocenters. The van der Waals surface area contributed by atoms with Crippen molar-refractivity contribution in [2.75, 3.05) is 12.4 Å². The molecule has 1 aliphatic rings. The van der Waals surface area contributed by atoms with Gasteiger partial charge in [0.1, 0.15) is 12.4 Å². The van der Waals surface area contributed by atoms with Crippen molar-refractivity contribution in [1.82, 2.24) is 4.57 Å². The minimum absolute atomic E-state index is 0.182. The van der Waals surface area contributed by atoms with Gasteiger partial charge in [0.2, 0.25) is 0 Å². The number of amides is 1. The molecule has 0 aliphatic carbocycles. The number of halogens is 1. The lowest BCUT2D eigenvalue weighted by atomic mass is 9.95. The number of aromatic nitrogens is 1. The van der Waals surface area contributed by atoms with Crippen molar-refractivity contribution in [3.63, 3.8) is 0 Å². The zero-order valence-electron chi connectivity index (χ0n) is 24.9. The van der Waals surface area contributed by atoms with Gasteiger partial charge in [-0.1, -0.05) is 65.9 Å². The lowest BCUT2D eigenvalue weighted by Gasteiger charge is -2.25. The maximum atomic E-state index is 14.0. The Hall–Kier alpha value is -5.79. The first-order valence-corrected chi connectivity index (χ1v) is 15.1. The summed E-state index contributed by atoms with van der Waals surface area (Å²) in [5.41, 5.74) is 3.53. The zero-order valence-corrected chi connectivity index (χ0v) is 25.7. The summed E-state index contributed by atoms with van der Waals surface area (Å²) >= 11 is 1.19. The van der Waals surface area contributed by atoms with E-state index in [0.29, 0.717) is 48.9 Å². The molecule has 1 amide bonds. The summed E-state index contributed by atoms with van der Waals surface area (Å²) in [6.45, 7) is 1.91. The summed E-state index contributed by atoms with van der Waals surface area (Å²) in [6.07, 6.45) is 1.73. The van der Waals surface area contributed by atoms with Gasteiger partial charge < -0.3 is 14.8 Å². The summed E-state index contributed by atoms with van der Waals surface area (Å²) in [5, 5.41) is 12.3. The van der Waals surface area contributed by atoms with Crippen LogP contribution in [0, 0.1) is 17.1 Å². The first-order valence-electron chi connectivity index (χ1n) is 14.3. The van der Waals surface area contributed by atoms with Crippen LogP contribution in [0.5, 0.6) is 11.5 Å². The number of hydrogen-bond acceptors (Lipinski definition) is 7. The van der Waals surface area contributed by atoms with Gasteiger partial charge in [0.15, 0.2) is 16.3 Å². The standard InChI is InChI=1S/C36H27FN4O4S/c1-22-32(34(42)40-28-10-4-3-5-11-28)33(24-13-15-27(37)16-14-24)41-35(43)31(46-36(41)39-22)19-23-12-17-29(30(18-23)44-2)45-21-26-9-7-6-8-25(26)20-38/h3-19,33H,21H2,1-2H3,(H,40,42)/b31-19+/t33-/m1/s1. The van der Waals surface area contributed by atoms with Crippen LogP contribution in [-0.2, 0) is 11.4 Å². The fourth-order valence-corrected chi connectivity index (χ4v) is 6.29. The SMILES string of the molecule is COc1cc(/C=c2/sc3n(c2=O)[C@H](c2ccc(F)cc2)C(C(=O)Nc2ccccc2)=C(C)N=3)ccc1OCc1ccccc1C#N. The second-order valence-corrected chi connectivity index (χ2v) is 11.4. The number of para-hydroxylation sites is 1. The quantitative estimate of drug-likeness (QED) is 0.245. The fourth-order valence-electron chi connectivity index (χ4n) is 5.25. The first-order chi connectivity index (χ1) is 22.4. The van der Waals surface area contributed by atoms with E-state index in [0.717, 1.165) is 5.56 Å². The molecule has 0 unspecified atom stereocenters. The van der Waals surface area contributed by atoms with Crippen molar-refractivity contribution >= 4 is 29.0 Å². The fraction of sp³-hybridized carbons (Fsp3) is 0.111. The molecule has 0 radical (unpaired) electrons. The average molecular weight is 631 g/mol. The number of nitrogens with zero attached hydrogens (tertiary/aromatic N) is 3. The Labute approximate surface area is 267 Å². The number of nitriles is 1. The molecule has 228 valence electrons. The van der Waals surface area contributed by atoms with Crippen LogP contribution in [0.4, 0.5) is 10.1 Å². The molecule has 1 aliphatic heterocycles. The Balaban J connectivity index is 1.37. The predicted octanol–water partition coefficient (Wildman–Crippen LogP) is 5.47. The van der Waals surface area contributed by atoms with Gasteiger partial charge in [-0.3, -0.25) is 14.2 Å². The van der Waals surface area contributed by atoms with Crippen molar-refractivity contribution in [2.45, 2.75) is 19.6 Å². The molecule has 0 bridgehead atoms. The molecular formula is C36H27FN4O4S. The number of allylic oxidation sites excluding steroid dienone is 1. The number of methoxy groups -OCH3 is 1. The van der Waals surface area contributed by atoms with E-state index < -0.39 is 17.8 Å². The summed E-state index contributed by atoms with van der Waals surface area (Å²) in [5.74, 6) is 0.0993. The highest BCUT2D eigenvalue weighted by molar-refractivity contribution is 7.07. The van der Waals surface area contributed by atoms with E-state index in [2.05, 4.69) is 16.4 Å². The topological polar surface area (TPSA) is 106 Å². The highest BCUT2D eigenvalue weighted by Crippen LogP contribution is 2.32. The Morgan fingerprint density at radius 1 is 1.04 bits per heavy atom. The number of carbonyl (C=O) groups excluding carboxylic acids is 1. The number of carbonyl (C=O) groups is 1. The minimum Gasteiger partial charge on any atom is -0.493 e. The number of fused-ring (bicyclic) bond motifs is 1. The molecule has 46 heavy (non-hydrogen) atoms. The van der Waals surface area contributed by atoms with E-state index in [-0.39, 0.29) is 17.7 Å². The normalized spacial score (nSPS) is 14.2. The third-order valence-corrected chi connectivity index (χ3v) is 8.47. The van der Waals surface area contributed by atoms with Crippen molar-refractivity contribution < 1.29 is 18.7 Å². The van der Waals surface area contributed by atoms with Crippen molar-refractivity contribution in [1.29, 1.82) is 5.26 Å². The second kappa shape index (κ2) is 13.1. The Bertz CT molecular complexity index is 2200. The van der Waals surface area contributed by atoms with Gasteiger partial charge in [0, 0.05) is 11.3 Å². The Morgan fingerprint density at radius 3 is 2.52 bits per heavy atom. The third kappa shape index (κ3) is 6.09. The van der Waals surface area contributed by atoms with Crippen LogP contribution in [0.15, 0.2) is 118 Å². The van der Waals surface area contributed by atoms with Crippen LogP contribution in [-0.4, -0.2) is 17.6 Å². The number of nitrogens with one attached hydrogen (secondary N) is 1. The number of benzene rings is 4. The molecule has 8 nitrogen and oxygen atoms in total. The van der Waals surface area contributed by atoms with Gasteiger partial charge in [-0.15, -0.1) is 0 Å². The molecule has 0 spiro atoms. The highest BCUT2D eigenvalue weighted by atomic mass is 32.1. The molecule has 1 aromatic heterocycles. The Kier molecular flexibility index (Phi) is 8.59. The summed E-state index contributed by atoms with van der Waals surface area (Å²) in [6, 6.07) is 28.6. The maximum absolute atomic E-state index is 14.0. The van der Waals surface area contributed by atoms with E-state index >= 15 is 0 Å². The van der Waals surface area contributed by atoms with E-state index in [9.17, 15) is 19.2 Å². The van der Waals surface area contributed by atoms with Gasteiger partial charge in [0.05, 0.1) is 40.6 Å². The van der Waals surface area contributed by atoms with Gasteiger partial charge in [-0.2, -0.15) is 5.26 Å².